The van der Waals surface area contributed by atoms with E-state index in [1.807, 2.05) is 13.8 Å². The molecule has 2 rings (SSSR count). The van der Waals surface area contributed by atoms with E-state index in [4.69, 9.17) is 19.9 Å². The third-order valence-corrected chi connectivity index (χ3v) is 3.95. The normalized spacial score (nSPS) is 18.8. The third-order valence-electron chi connectivity index (χ3n) is 3.95. The highest BCUT2D eigenvalue weighted by Crippen LogP contribution is 2.31. The fourth-order valence-electron chi connectivity index (χ4n) is 2.52. The SMILES string of the molecule is COc1ccc(C(N)C(=O)N2C(=O)OCC2C(C)C)cc1OC. The Balaban J connectivity index is 2.27. The molecule has 1 aromatic rings. The smallest absolute Gasteiger partial charge is 0.417 e. The first kappa shape index (κ1) is 17.1. The number of ether oxygens (including phenoxy) is 3. The fraction of sp³-hybridized carbons (Fsp3) is 0.500. The Kier molecular flexibility index (Phi) is 5.10. The number of carbonyl (C=O) groups excluding carboxylic acids is 2. The number of nitrogens with zero attached hydrogens (tertiary/aromatic N) is 1. The Morgan fingerprint density at radius 3 is 2.52 bits per heavy atom. The summed E-state index contributed by atoms with van der Waals surface area (Å²) in [5.74, 6) is 0.607. The van der Waals surface area contributed by atoms with Crippen LogP contribution >= 0.6 is 0 Å². The predicted octanol–water partition coefficient (Wildman–Crippen LogP) is 1.71. The molecule has 1 fully saturated rings. The molecule has 0 aliphatic carbocycles. The van der Waals surface area contributed by atoms with E-state index in [2.05, 4.69) is 0 Å². The lowest BCUT2D eigenvalue weighted by Gasteiger charge is -2.25. The highest BCUT2D eigenvalue weighted by molar-refractivity contribution is 5.97. The Hall–Kier alpha value is -2.28. The van der Waals surface area contributed by atoms with Gasteiger partial charge in [0.2, 0.25) is 0 Å². The lowest BCUT2D eigenvalue weighted by molar-refractivity contribution is -0.131. The Labute approximate surface area is 135 Å². The fourth-order valence-corrected chi connectivity index (χ4v) is 2.52. The number of carbonyl (C=O) groups is 2. The van der Waals surface area contributed by atoms with Crippen molar-refractivity contribution >= 4 is 12.0 Å². The second-order valence-corrected chi connectivity index (χ2v) is 5.69. The molecule has 1 saturated heterocycles. The number of rotatable bonds is 5. The predicted molar refractivity (Wildman–Crippen MR) is 83.3 cm³/mol. The summed E-state index contributed by atoms with van der Waals surface area (Å²) in [5.41, 5.74) is 6.60. The summed E-state index contributed by atoms with van der Waals surface area (Å²) in [7, 11) is 3.03. The van der Waals surface area contributed by atoms with E-state index in [9.17, 15) is 9.59 Å². The topological polar surface area (TPSA) is 91.1 Å². The van der Waals surface area contributed by atoms with E-state index in [0.717, 1.165) is 4.90 Å². The molecule has 126 valence electrons. The lowest BCUT2D eigenvalue weighted by Crippen LogP contribution is -2.46. The number of nitrogens with two attached hydrogens (primary N) is 1. The molecule has 2 unspecified atom stereocenters. The van der Waals surface area contributed by atoms with Crippen molar-refractivity contribution in [3.05, 3.63) is 23.8 Å². The molecule has 0 aromatic heterocycles. The van der Waals surface area contributed by atoms with Crippen LogP contribution in [0.4, 0.5) is 4.79 Å². The van der Waals surface area contributed by atoms with E-state index in [0.29, 0.717) is 17.1 Å². The van der Waals surface area contributed by atoms with Crippen molar-refractivity contribution in [2.45, 2.75) is 25.9 Å². The lowest BCUT2D eigenvalue weighted by atomic mass is 10.0. The molecule has 0 radical (unpaired) electrons. The molecule has 2 N–H and O–H groups in total. The number of amides is 2. The van der Waals surface area contributed by atoms with Gasteiger partial charge in [0.15, 0.2) is 11.5 Å². The van der Waals surface area contributed by atoms with Gasteiger partial charge in [-0.3, -0.25) is 4.79 Å². The van der Waals surface area contributed by atoms with E-state index in [-0.39, 0.29) is 18.6 Å². The van der Waals surface area contributed by atoms with Crippen molar-refractivity contribution in [2.24, 2.45) is 11.7 Å². The van der Waals surface area contributed by atoms with Gasteiger partial charge in [-0.15, -0.1) is 0 Å². The minimum absolute atomic E-state index is 0.0861. The van der Waals surface area contributed by atoms with Crippen LogP contribution in [0.25, 0.3) is 0 Å². The highest BCUT2D eigenvalue weighted by atomic mass is 16.6. The molecule has 0 saturated carbocycles. The molecule has 7 nitrogen and oxygen atoms in total. The maximum atomic E-state index is 12.7. The largest absolute Gasteiger partial charge is 0.493 e. The summed E-state index contributed by atoms with van der Waals surface area (Å²) < 4.78 is 15.4. The molecule has 0 spiro atoms. The van der Waals surface area contributed by atoms with E-state index in [1.54, 1.807) is 18.2 Å². The van der Waals surface area contributed by atoms with Crippen LogP contribution in [0.15, 0.2) is 18.2 Å². The Bertz CT molecular complexity index is 602. The van der Waals surface area contributed by atoms with E-state index >= 15 is 0 Å². The maximum Gasteiger partial charge on any atom is 0.417 e. The summed E-state index contributed by atoms with van der Waals surface area (Å²) in [4.78, 5) is 25.6. The number of imide groups is 1. The standard InChI is InChI=1S/C16H22N2O5/c1-9(2)11-8-23-16(20)18(11)15(19)14(17)10-5-6-12(21-3)13(7-10)22-4/h5-7,9,11,14H,8,17H2,1-4H3. The van der Waals surface area contributed by atoms with Gasteiger partial charge in [0.1, 0.15) is 12.6 Å². The molecule has 1 aliphatic heterocycles. The van der Waals surface area contributed by atoms with Gasteiger partial charge in [0.25, 0.3) is 5.91 Å². The number of methoxy groups -OCH3 is 2. The van der Waals surface area contributed by atoms with Gasteiger partial charge in [-0.05, 0) is 23.6 Å². The Morgan fingerprint density at radius 1 is 1.30 bits per heavy atom. The molecule has 1 aromatic carbocycles. The average molecular weight is 322 g/mol. The molecule has 7 heteroatoms. The van der Waals surface area contributed by atoms with Crippen LogP contribution in [0.3, 0.4) is 0 Å². The molecular formula is C16H22N2O5. The minimum Gasteiger partial charge on any atom is -0.493 e. The van der Waals surface area contributed by atoms with Crippen molar-refractivity contribution in [2.75, 3.05) is 20.8 Å². The minimum atomic E-state index is -0.985. The monoisotopic (exact) mass is 322 g/mol. The summed E-state index contributed by atoms with van der Waals surface area (Å²) in [6, 6.07) is 3.69. The first-order valence-corrected chi connectivity index (χ1v) is 7.38. The number of hydrogen-bond acceptors (Lipinski definition) is 6. The molecular weight excluding hydrogens is 300 g/mol. The van der Waals surface area contributed by atoms with Crippen LogP contribution in [-0.4, -0.2) is 43.8 Å². The van der Waals surface area contributed by atoms with Gasteiger partial charge in [0.05, 0.1) is 20.3 Å². The summed E-state index contributed by atoms with van der Waals surface area (Å²) >= 11 is 0. The van der Waals surface area contributed by atoms with Crippen molar-refractivity contribution in [3.63, 3.8) is 0 Å². The molecule has 0 bridgehead atoms. The van der Waals surface area contributed by atoms with Crippen LogP contribution in [0.5, 0.6) is 11.5 Å². The first-order chi connectivity index (χ1) is 10.9. The van der Waals surface area contributed by atoms with Gasteiger partial charge < -0.3 is 19.9 Å². The van der Waals surface area contributed by atoms with Gasteiger partial charge in [-0.2, -0.15) is 0 Å². The van der Waals surface area contributed by atoms with Gasteiger partial charge in [-0.25, -0.2) is 9.69 Å². The van der Waals surface area contributed by atoms with Crippen LogP contribution in [0.1, 0.15) is 25.5 Å². The zero-order chi connectivity index (χ0) is 17.1. The molecule has 1 heterocycles. The quantitative estimate of drug-likeness (QED) is 0.887. The zero-order valence-corrected chi connectivity index (χ0v) is 13.7. The average Bonchev–Trinajstić information content (AvgIpc) is 2.94. The van der Waals surface area contributed by atoms with Gasteiger partial charge in [0, 0.05) is 0 Å². The van der Waals surface area contributed by atoms with Crippen molar-refractivity contribution < 1.29 is 23.8 Å². The summed E-state index contributed by atoms with van der Waals surface area (Å²) in [5, 5.41) is 0. The van der Waals surface area contributed by atoms with E-state index < -0.39 is 18.0 Å². The second kappa shape index (κ2) is 6.87. The van der Waals surface area contributed by atoms with Gasteiger partial charge >= 0.3 is 6.09 Å². The van der Waals surface area contributed by atoms with Crippen LogP contribution in [-0.2, 0) is 9.53 Å². The van der Waals surface area contributed by atoms with Crippen LogP contribution in [0, 0.1) is 5.92 Å². The third kappa shape index (κ3) is 3.24. The van der Waals surface area contributed by atoms with Gasteiger partial charge in [-0.1, -0.05) is 19.9 Å². The number of hydrogen-bond donors (Lipinski definition) is 1. The van der Waals surface area contributed by atoms with Crippen molar-refractivity contribution in [1.82, 2.24) is 4.90 Å². The first-order valence-electron chi connectivity index (χ1n) is 7.38. The van der Waals surface area contributed by atoms with Crippen molar-refractivity contribution in [1.29, 1.82) is 0 Å². The van der Waals surface area contributed by atoms with E-state index in [1.165, 1.54) is 14.2 Å². The van der Waals surface area contributed by atoms with Crippen molar-refractivity contribution in [3.8, 4) is 11.5 Å². The highest BCUT2D eigenvalue weighted by Gasteiger charge is 2.41. The molecule has 2 amide bonds. The zero-order valence-electron chi connectivity index (χ0n) is 13.7. The van der Waals surface area contributed by atoms with Crippen LogP contribution < -0.4 is 15.2 Å². The maximum absolute atomic E-state index is 12.7. The number of cyclic esters (lactones) is 1. The molecule has 2 atom stereocenters. The van der Waals surface area contributed by atoms with Crippen LogP contribution in [0.2, 0.25) is 0 Å². The molecule has 23 heavy (non-hydrogen) atoms. The Morgan fingerprint density at radius 2 is 1.96 bits per heavy atom. The molecule has 1 aliphatic rings. The summed E-state index contributed by atoms with van der Waals surface area (Å²) in [6.07, 6.45) is -0.648. The number of benzene rings is 1. The second-order valence-electron chi connectivity index (χ2n) is 5.69. The summed E-state index contributed by atoms with van der Waals surface area (Å²) in [6.45, 7) is 4.05.